The zero-order chi connectivity index (χ0) is 15.1. The highest BCUT2D eigenvalue weighted by molar-refractivity contribution is 5.94. The van der Waals surface area contributed by atoms with Gasteiger partial charge in [-0.05, 0) is 24.3 Å². The van der Waals surface area contributed by atoms with E-state index in [1.54, 1.807) is 0 Å². The molecule has 0 fully saturated rings. The summed E-state index contributed by atoms with van der Waals surface area (Å²) in [6.07, 6.45) is 5.23. The van der Waals surface area contributed by atoms with E-state index in [0.29, 0.717) is 17.7 Å². The van der Waals surface area contributed by atoms with Gasteiger partial charge in [0.15, 0.2) is 0 Å². The van der Waals surface area contributed by atoms with Gasteiger partial charge in [-0.1, -0.05) is 69.2 Å². The van der Waals surface area contributed by atoms with Gasteiger partial charge in [0.05, 0.1) is 0 Å². The first-order valence-corrected chi connectivity index (χ1v) is 7.60. The van der Waals surface area contributed by atoms with Gasteiger partial charge in [0.2, 0.25) is 0 Å². The number of esters is 1. The molecule has 0 spiro atoms. The Hall–Kier alpha value is -2.09. The Labute approximate surface area is 126 Å². The number of rotatable bonds is 7. The van der Waals surface area contributed by atoms with Crippen LogP contribution in [0.1, 0.15) is 39.0 Å². The highest BCUT2D eigenvalue weighted by Crippen LogP contribution is 2.26. The Morgan fingerprint density at radius 3 is 2.62 bits per heavy atom. The fraction of sp³-hybridized carbons (Fsp3) is 0.316. The number of ether oxygens (including phenoxy) is 1. The van der Waals surface area contributed by atoms with Crippen LogP contribution in [0.4, 0.5) is 0 Å². The topological polar surface area (TPSA) is 26.3 Å². The van der Waals surface area contributed by atoms with Gasteiger partial charge < -0.3 is 4.74 Å². The summed E-state index contributed by atoms with van der Waals surface area (Å²) in [5.41, 5.74) is 0.555. The van der Waals surface area contributed by atoms with Gasteiger partial charge in [-0.25, -0.2) is 4.79 Å². The molecule has 0 unspecified atom stereocenters. The van der Waals surface area contributed by atoms with Crippen LogP contribution in [0.3, 0.4) is 0 Å². The second kappa shape index (κ2) is 7.63. The first-order valence-electron chi connectivity index (χ1n) is 7.60. The molecule has 0 N–H and O–H groups in total. The van der Waals surface area contributed by atoms with Gasteiger partial charge in [0.1, 0.15) is 5.75 Å². The summed E-state index contributed by atoms with van der Waals surface area (Å²) >= 11 is 0. The molecule has 0 aliphatic rings. The van der Waals surface area contributed by atoms with Crippen LogP contribution in [-0.2, 0) is 4.79 Å². The summed E-state index contributed by atoms with van der Waals surface area (Å²) in [4.78, 5) is 12.1. The van der Waals surface area contributed by atoms with E-state index in [0.717, 1.165) is 23.6 Å². The van der Waals surface area contributed by atoms with Crippen molar-refractivity contribution in [2.75, 3.05) is 0 Å². The van der Waals surface area contributed by atoms with Crippen molar-refractivity contribution in [2.24, 2.45) is 0 Å². The van der Waals surface area contributed by atoms with Crippen LogP contribution in [0.5, 0.6) is 5.75 Å². The van der Waals surface area contributed by atoms with E-state index in [-0.39, 0.29) is 5.97 Å². The SMILES string of the molecule is C=C(CCCCCC)C(=O)Oc1cccc2ccccc12. The van der Waals surface area contributed by atoms with Crippen molar-refractivity contribution in [3.63, 3.8) is 0 Å². The van der Waals surface area contributed by atoms with Crippen molar-refractivity contribution >= 4 is 16.7 Å². The molecule has 0 heterocycles. The maximum absolute atomic E-state index is 12.1. The van der Waals surface area contributed by atoms with Gasteiger partial charge in [-0.15, -0.1) is 0 Å². The molecule has 2 nitrogen and oxygen atoms in total. The van der Waals surface area contributed by atoms with Gasteiger partial charge in [-0.3, -0.25) is 0 Å². The molecule has 21 heavy (non-hydrogen) atoms. The van der Waals surface area contributed by atoms with E-state index >= 15 is 0 Å². The van der Waals surface area contributed by atoms with Crippen LogP contribution in [0.15, 0.2) is 54.6 Å². The Balaban J connectivity index is 1.99. The maximum Gasteiger partial charge on any atom is 0.338 e. The third-order valence-electron chi connectivity index (χ3n) is 3.57. The molecule has 0 amide bonds. The summed E-state index contributed by atoms with van der Waals surface area (Å²) in [5.74, 6) is 0.288. The van der Waals surface area contributed by atoms with Crippen molar-refractivity contribution in [3.05, 3.63) is 54.6 Å². The smallest absolute Gasteiger partial charge is 0.338 e. The van der Waals surface area contributed by atoms with Crippen LogP contribution in [0.25, 0.3) is 10.8 Å². The van der Waals surface area contributed by atoms with Crippen LogP contribution in [-0.4, -0.2) is 5.97 Å². The Morgan fingerprint density at radius 2 is 1.81 bits per heavy atom. The molecule has 0 aliphatic heterocycles. The van der Waals surface area contributed by atoms with Crippen LogP contribution in [0, 0.1) is 0 Å². The second-order valence-corrected chi connectivity index (χ2v) is 5.28. The summed E-state index contributed by atoms with van der Waals surface area (Å²) in [6, 6.07) is 13.6. The quantitative estimate of drug-likeness (QED) is 0.299. The molecule has 110 valence electrons. The molecule has 0 atom stereocenters. The maximum atomic E-state index is 12.1. The third-order valence-corrected chi connectivity index (χ3v) is 3.57. The first kappa shape index (κ1) is 15.3. The van der Waals surface area contributed by atoms with Crippen molar-refractivity contribution < 1.29 is 9.53 Å². The molecule has 0 radical (unpaired) electrons. The van der Waals surface area contributed by atoms with Gasteiger partial charge in [-0.2, -0.15) is 0 Å². The highest BCUT2D eigenvalue weighted by atomic mass is 16.5. The average Bonchev–Trinajstić information content (AvgIpc) is 2.51. The van der Waals surface area contributed by atoms with Crippen molar-refractivity contribution in [2.45, 2.75) is 39.0 Å². The predicted octanol–water partition coefficient (Wildman–Crippen LogP) is 5.27. The second-order valence-electron chi connectivity index (χ2n) is 5.28. The number of carbonyl (C=O) groups excluding carboxylic acids is 1. The average molecular weight is 282 g/mol. The van der Waals surface area contributed by atoms with E-state index < -0.39 is 0 Å². The van der Waals surface area contributed by atoms with Crippen LogP contribution >= 0.6 is 0 Å². The Bertz CT molecular complexity index is 623. The molecule has 2 rings (SSSR count). The number of fused-ring (bicyclic) bond motifs is 1. The Kier molecular flexibility index (Phi) is 5.56. The summed E-state index contributed by atoms with van der Waals surface area (Å²) in [7, 11) is 0. The lowest BCUT2D eigenvalue weighted by molar-refractivity contribution is -0.130. The largest absolute Gasteiger partial charge is 0.423 e. The summed E-state index contributed by atoms with van der Waals surface area (Å²) < 4.78 is 5.51. The van der Waals surface area contributed by atoms with E-state index in [9.17, 15) is 4.79 Å². The number of hydrogen-bond donors (Lipinski definition) is 0. The number of hydrogen-bond acceptors (Lipinski definition) is 2. The predicted molar refractivity (Wildman–Crippen MR) is 87.5 cm³/mol. The lowest BCUT2D eigenvalue weighted by atomic mass is 10.1. The fourth-order valence-electron chi connectivity index (χ4n) is 2.32. The van der Waals surface area contributed by atoms with E-state index in [1.807, 2.05) is 42.5 Å². The molecule has 0 aliphatic carbocycles. The van der Waals surface area contributed by atoms with Crippen LogP contribution < -0.4 is 4.74 Å². The van der Waals surface area contributed by atoms with Gasteiger partial charge >= 0.3 is 5.97 Å². The minimum atomic E-state index is -0.317. The number of unbranched alkanes of at least 4 members (excludes halogenated alkanes) is 3. The minimum absolute atomic E-state index is 0.317. The first-order chi connectivity index (χ1) is 10.2. The molecule has 0 aromatic heterocycles. The van der Waals surface area contributed by atoms with Crippen molar-refractivity contribution in [3.8, 4) is 5.75 Å². The molecule has 2 aromatic rings. The molecule has 2 heteroatoms. The third kappa shape index (κ3) is 4.19. The van der Waals surface area contributed by atoms with E-state index in [1.165, 1.54) is 12.8 Å². The van der Waals surface area contributed by atoms with Crippen molar-refractivity contribution in [1.82, 2.24) is 0 Å². The normalized spacial score (nSPS) is 10.5. The minimum Gasteiger partial charge on any atom is -0.423 e. The monoisotopic (exact) mass is 282 g/mol. The van der Waals surface area contributed by atoms with Gasteiger partial charge in [0, 0.05) is 11.0 Å². The zero-order valence-electron chi connectivity index (χ0n) is 12.6. The molecular formula is C19H22O2. The van der Waals surface area contributed by atoms with E-state index in [2.05, 4.69) is 13.5 Å². The van der Waals surface area contributed by atoms with Crippen LogP contribution in [0.2, 0.25) is 0 Å². The molecule has 2 aromatic carbocycles. The summed E-state index contributed by atoms with van der Waals surface area (Å²) in [6.45, 7) is 6.02. The number of carbonyl (C=O) groups is 1. The van der Waals surface area contributed by atoms with E-state index in [4.69, 9.17) is 4.74 Å². The zero-order valence-corrected chi connectivity index (χ0v) is 12.6. The Morgan fingerprint density at radius 1 is 1.05 bits per heavy atom. The highest BCUT2D eigenvalue weighted by Gasteiger charge is 2.11. The summed E-state index contributed by atoms with van der Waals surface area (Å²) in [5, 5.41) is 2.02. The fourth-order valence-corrected chi connectivity index (χ4v) is 2.32. The standard InChI is InChI=1S/C19H22O2/c1-3-4-5-6-10-15(2)19(20)21-18-14-9-12-16-11-7-8-13-17(16)18/h7-9,11-14H,2-6,10H2,1H3. The molecule has 0 saturated heterocycles. The molecular weight excluding hydrogens is 260 g/mol. The molecule has 0 saturated carbocycles. The lowest BCUT2D eigenvalue weighted by Gasteiger charge is -2.09. The van der Waals surface area contributed by atoms with Crippen molar-refractivity contribution in [1.29, 1.82) is 0 Å². The molecule has 0 bridgehead atoms. The lowest BCUT2D eigenvalue weighted by Crippen LogP contribution is -2.10. The number of benzene rings is 2. The van der Waals surface area contributed by atoms with Gasteiger partial charge in [0.25, 0.3) is 0 Å².